The van der Waals surface area contributed by atoms with Gasteiger partial charge in [0.1, 0.15) is 11.6 Å². The second kappa shape index (κ2) is 5.29. The number of aliphatic hydroxyl groups excluding tert-OH is 1. The maximum atomic E-state index is 13.1. The summed E-state index contributed by atoms with van der Waals surface area (Å²) in [7, 11) is 0. The van der Waals surface area contributed by atoms with Gasteiger partial charge in [0.2, 0.25) is 0 Å². The van der Waals surface area contributed by atoms with Gasteiger partial charge in [-0.15, -0.1) is 0 Å². The summed E-state index contributed by atoms with van der Waals surface area (Å²) in [5, 5.41) is 10.1. The zero-order valence-corrected chi connectivity index (χ0v) is 9.51. The summed E-state index contributed by atoms with van der Waals surface area (Å²) in [6.45, 7) is 0.0647. The highest BCUT2D eigenvalue weighted by Gasteiger charge is 2.23. The van der Waals surface area contributed by atoms with Gasteiger partial charge in [0, 0.05) is 24.1 Å². The first-order valence-electron chi connectivity index (χ1n) is 5.48. The van der Waals surface area contributed by atoms with Crippen molar-refractivity contribution < 1.29 is 18.3 Å². The minimum atomic E-state index is -0.963. The Bertz CT molecular complexity index is 493. The Morgan fingerprint density at radius 2 is 1.83 bits per heavy atom. The number of furan rings is 1. The van der Waals surface area contributed by atoms with Crippen molar-refractivity contribution in [2.24, 2.45) is 5.73 Å². The third-order valence-electron chi connectivity index (χ3n) is 2.83. The monoisotopic (exact) mass is 253 g/mol. The summed E-state index contributed by atoms with van der Waals surface area (Å²) in [5.74, 6) is -1.97. The van der Waals surface area contributed by atoms with E-state index in [1.54, 1.807) is 6.07 Å². The van der Waals surface area contributed by atoms with E-state index in [4.69, 9.17) is 10.2 Å². The number of aliphatic hydroxyl groups is 1. The molecule has 0 bridgehead atoms. The van der Waals surface area contributed by atoms with E-state index in [-0.39, 0.29) is 6.54 Å². The van der Waals surface area contributed by atoms with Crippen LogP contribution in [-0.4, -0.2) is 11.7 Å². The minimum Gasteiger partial charge on any atom is -0.472 e. The lowest BCUT2D eigenvalue weighted by Gasteiger charge is -2.21. The van der Waals surface area contributed by atoms with Crippen molar-refractivity contribution in [3.05, 3.63) is 59.6 Å². The van der Waals surface area contributed by atoms with Gasteiger partial charge in [-0.25, -0.2) is 8.78 Å². The van der Waals surface area contributed by atoms with Crippen LogP contribution in [0.5, 0.6) is 0 Å². The van der Waals surface area contributed by atoms with Gasteiger partial charge >= 0.3 is 0 Å². The Hall–Kier alpha value is -1.72. The average molecular weight is 253 g/mol. The summed E-state index contributed by atoms with van der Waals surface area (Å²) >= 11 is 0. The predicted octanol–water partition coefficient (Wildman–Crippen LogP) is 2.33. The maximum absolute atomic E-state index is 13.1. The van der Waals surface area contributed by atoms with E-state index in [1.165, 1.54) is 24.7 Å². The molecule has 3 nitrogen and oxygen atoms in total. The summed E-state index contributed by atoms with van der Waals surface area (Å²) in [6.07, 6.45) is 1.83. The molecule has 2 atom stereocenters. The summed E-state index contributed by atoms with van der Waals surface area (Å²) in [4.78, 5) is 0. The fourth-order valence-electron chi connectivity index (χ4n) is 1.91. The molecule has 0 radical (unpaired) electrons. The van der Waals surface area contributed by atoms with Gasteiger partial charge in [0.15, 0.2) is 0 Å². The SMILES string of the molecule is NCC(c1cc(F)cc(F)c1)C(O)c1ccoc1. The lowest BCUT2D eigenvalue weighted by atomic mass is 9.90. The van der Waals surface area contributed by atoms with Crippen LogP contribution in [0.15, 0.2) is 41.2 Å². The molecule has 0 saturated heterocycles. The number of benzene rings is 1. The molecule has 2 rings (SSSR count). The molecule has 18 heavy (non-hydrogen) atoms. The lowest BCUT2D eigenvalue weighted by molar-refractivity contribution is 0.146. The maximum Gasteiger partial charge on any atom is 0.126 e. The first-order chi connectivity index (χ1) is 8.61. The lowest BCUT2D eigenvalue weighted by Crippen LogP contribution is -2.20. The number of halogens is 2. The fraction of sp³-hybridized carbons (Fsp3) is 0.231. The third-order valence-corrected chi connectivity index (χ3v) is 2.83. The molecule has 0 aliphatic rings. The highest BCUT2D eigenvalue weighted by atomic mass is 19.1. The average Bonchev–Trinajstić information content (AvgIpc) is 2.81. The quantitative estimate of drug-likeness (QED) is 0.879. The van der Waals surface area contributed by atoms with Gasteiger partial charge in [-0.3, -0.25) is 0 Å². The van der Waals surface area contributed by atoms with Crippen molar-refractivity contribution in [3.8, 4) is 0 Å². The molecule has 96 valence electrons. The van der Waals surface area contributed by atoms with Crippen molar-refractivity contribution >= 4 is 0 Å². The van der Waals surface area contributed by atoms with Crippen molar-refractivity contribution in [2.45, 2.75) is 12.0 Å². The molecular formula is C13H13F2NO2. The molecule has 0 aliphatic carbocycles. The van der Waals surface area contributed by atoms with Crippen molar-refractivity contribution in [3.63, 3.8) is 0 Å². The Morgan fingerprint density at radius 1 is 1.17 bits per heavy atom. The molecule has 0 fully saturated rings. The van der Waals surface area contributed by atoms with Crippen molar-refractivity contribution in [2.75, 3.05) is 6.54 Å². The number of rotatable bonds is 4. The minimum absolute atomic E-state index is 0.0647. The smallest absolute Gasteiger partial charge is 0.126 e. The van der Waals surface area contributed by atoms with Gasteiger partial charge in [-0.1, -0.05) is 0 Å². The molecule has 2 unspecified atom stereocenters. The topological polar surface area (TPSA) is 59.4 Å². The van der Waals surface area contributed by atoms with Crippen LogP contribution in [0.4, 0.5) is 8.78 Å². The van der Waals surface area contributed by atoms with Crippen molar-refractivity contribution in [1.82, 2.24) is 0 Å². The van der Waals surface area contributed by atoms with Crippen LogP contribution >= 0.6 is 0 Å². The van der Waals surface area contributed by atoms with E-state index < -0.39 is 23.7 Å². The predicted molar refractivity (Wildman–Crippen MR) is 61.8 cm³/mol. The standard InChI is InChI=1S/C13H13F2NO2/c14-10-3-9(4-11(15)5-10)12(6-16)13(17)8-1-2-18-7-8/h1-5,7,12-13,17H,6,16H2. The Labute approximate surface area is 103 Å². The number of hydrogen-bond acceptors (Lipinski definition) is 3. The highest BCUT2D eigenvalue weighted by Crippen LogP contribution is 2.31. The molecule has 3 N–H and O–H groups in total. The Kier molecular flexibility index (Phi) is 3.74. The van der Waals surface area contributed by atoms with Gasteiger partial charge in [0.05, 0.1) is 18.6 Å². The zero-order chi connectivity index (χ0) is 13.1. The molecule has 2 aromatic rings. The second-order valence-electron chi connectivity index (χ2n) is 4.05. The van der Waals surface area contributed by atoms with Crippen LogP contribution in [0.25, 0.3) is 0 Å². The summed E-state index contributed by atoms with van der Waals surface area (Å²) in [5.41, 5.74) is 6.42. The summed E-state index contributed by atoms with van der Waals surface area (Å²) in [6, 6.07) is 4.71. The first kappa shape index (κ1) is 12.7. The van der Waals surface area contributed by atoms with Crippen LogP contribution in [0, 0.1) is 11.6 Å². The largest absolute Gasteiger partial charge is 0.472 e. The molecule has 0 aliphatic heterocycles. The molecule has 0 spiro atoms. The second-order valence-corrected chi connectivity index (χ2v) is 4.05. The Balaban J connectivity index is 2.33. The van der Waals surface area contributed by atoms with Crippen molar-refractivity contribution in [1.29, 1.82) is 0 Å². The van der Waals surface area contributed by atoms with E-state index in [0.29, 0.717) is 11.1 Å². The molecular weight excluding hydrogens is 240 g/mol. The van der Waals surface area contributed by atoms with E-state index in [9.17, 15) is 13.9 Å². The van der Waals surface area contributed by atoms with Crippen LogP contribution in [0.2, 0.25) is 0 Å². The first-order valence-corrected chi connectivity index (χ1v) is 5.48. The van der Waals surface area contributed by atoms with Crippen LogP contribution in [0.1, 0.15) is 23.1 Å². The number of nitrogens with two attached hydrogens (primary N) is 1. The van der Waals surface area contributed by atoms with Crippen LogP contribution < -0.4 is 5.73 Å². The third kappa shape index (κ3) is 2.57. The molecule has 1 heterocycles. The van der Waals surface area contributed by atoms with Gasteiger partial charge < -0.3 is 15.3 Å². The Morgan fingerprint density at radius 3 is 2.33 bits per heavy atom. The highest BCUT2D eigenvalue weighted by molar-refractivity contribution is 5.26. The van der Waals surface area contributed by atoms with Crippen LogP contribution in [-0.2, 0) is 0 Å². The molecule has 1 aromatic heterocycles. The van der Waals surface area contributed by atoms with Crippen LogP contribution in [0.3, 0.4) is 0 Å². The fourth-order valence-corrected chi connectivity index (χ4v) is 1.91. The molecule has 0 amide bonds. The van der Waals surface area contributed by atoms with Gasteiger partial charge in [-0.2, -0.15) is 0 Å². The van der Waals surface area contributed by atoms with E-state index in [1.807, 2.05) is 0 Å². The van der Waals surface area contributed by atoms with E-state index >= 15 is 0 Å². The zero-order valence-electron chi connectivity index (χ0n) is 9.51. The van der Waals surface area contributed by atoms with Gasteiger partial charge in [-0.05, 0) is 23.8 Å². The molecule has 0 saturated carbocycles. The van der Waals surface area contributed by atoms with E-state index in [2.05, 4.69) is 0 Å². The number of hydrogen-bond donors (Lipinski definition) is 2. The van der Waals surface area contributed by atoms with E-state index in [0.717, 1.165) is 6.07 Å². The molecule has 1 aromatic carbocycles. The molecule has 5 heteroatoms. The summed E-state index contributed by atoms with van der Waals surface area (Å²) < 4.78 is 31.2. The normalized spacial score (nSPS) is 14.4. The van der Waals surface area contributed by atoms with Gasteiger partial charge in [0.25, 0.3) is 0 Å².